The van der Waals surface area contributed by atoms with Crippen molar-refractivity contribution in [3.63, 3.8) is 0 Å². The molecule has 0 aliphatic heterocycles. The van der Waals surface area contributed by atoms with Crippen LogP contribution in [0.15, 0.2) is 0 Å². The Balaban J connectivity index is 2.62. The zero-order valence-corrected chi connectivity index (χ0v) is 10.2. The Hall–Kier alpha value is -0.340. The van der Waals surface area contributed by atoms with Crippen molar-refractivity contribution in [3.8, 4) is 0 Å². The first-order chi connectivity index (χ1) is 7.56. The number of sulfonamides is 1. The van der Waals surface area contributed by atoms with Crippen molar-refractivity contribution in [2.24, 2.45) is 5.92 Å². The maximum Gasteiger partial charge on any atom is 0.511 e. The predicted octanol–water partition coefficient (Wildman–Crippen LogP) is 1.37. The van der Waals surface area contributed by atoms with Crippen LogP contribution in [0.5, 0.6) is 0 Å². The monoisotopic (exact) mass is 275 g/mol. The Labute approximate surface area is 98.3 Å². The molecule has 1 saturated carbocycles. The molecule has 4 nitrogen and oxygen atoms in total. The molecule has 0 spiro atoms. The van der Waals surface area contributed by atoms with E-state index >= 15 is 0 Å². The van der Waals surface area contributed by atoms with Gasteiger partial charge in [0.2, 0.25) is 0 Å². The molecule has 102 valence electrons. The standard InChI is InChI=1S/C9H16F3NO3S/c1-7-3-2-4-8(14,5-7)6-13-17(15,16)9(10,11)12/h7,13-14H,2-6H2,1H3. The second kappa shape index (κ2) is 4.74. The SMILES string of the molecule is CC1CCCC(O)(CNS(=O)(=O)C(F)(F)F)C1. The molecule has 0 saturated heterocycles. The Morgan fingerprint density at radius 2 is 2.06 bits per heavy atom. The highest BCUT2D eigenvalue weighted by Crippen LogP contribution is 2.32. The van der Waals surface area contributed by atoms with Crippen LogP contribution in [-0.4, -0.2) is 31.2 Å². The molecule has 2 unspecified atom stereocenters. The molecule has 2 atom stereocenters. The van der Waals surface area contributed by atoms with E-state index in [9.17, 15) is 26.7 Å². The molecule has 0 amide bonds. The van der Waals surface area contributed by atoms with Crippen LogP contribution >= 0.6 is 0 Å². The minimum absolute atomic E-state index is 0.184. The topological polar surface area (TPSA) is 66.4 Å². The molecule has 0 aromatic carbocycles. The van der Waals surface area contributed by atoms with Gasteiger partial charge in [-0.05, 0) is 18.8 Å². The van der Waals surface area contributed by atoms with Crippen molar-refractivity contribution in [1.82, 2.24) is 4.72 Å². The fourth-order valence-corrected chi connectivity index (χ4v) is 2.73. The lowest BCUT2D eigenvalue weighted by Crippen LogP contribution is -2.48. The van der Waals surface area contributed by atoms with Crippen molar-refractivity contribution >= 4 is 10.0 Å². The molecule has 8 heteroatoms. The van der Waals surface area contributed by atoms with E-state index in [1.54, 1.807) is 0 Å². The second-order valence-electron chi connectivity index (χ2n) is 4.70. The van der Waals surface area contributed by atoms with E-state index in [1.807, 2.05) is 6.92 Å². The summed E-state index contributed by atoms with van der Waals surface area (Å²) in [6.07, 6.45) is 2.21. The molecule has 0 radical (unpaired) electrons. The van der Waals surface area contributed by atoms with Gasteiger partial charge in [0.05, 0.1) is 5.60 Å². The summed E-state index contributed by atoms with van der Waals surface area (Å²) in [4.78, 5) is 0. The van der Waals surface area contributed by atoms with Gasteiger partial charge in [0.15, 0.2) is 0 Å². The number of nitrogens with one attached hydrogen (secondary N) is 1. The summed E-state index contributed by atoms with van der Waals surface area (Å²) in [7, 11) is -5.36. The van der Waals surface area contributed by atoms with Gasteiger partial charge in [-0.2, -0.15) is 13.2 Å². The quantitative estimate of drug-likeness (QED) is 0.817. The van der Waals surface area contributed by atoms with Crippen LogP contribution in [0.4, 0.5) is 13.2 Å². The molecular weight excluding hydrogens is 259 g/mol. The first kappa shape index (κ1) is 14.7. The summed E-state index contributed by atoms with van der Waals surface area (Å²) in [5.74, 6) is 0.184. The lowest BCUT2D eigenvalue weighted by molar-refractivity contribution is -0.0467. The highest BCUT2D eigenvalue weighted by molar-refractivity contribution is 7.90. The molecule has 1 rings (SSSR count). The maximum atomic E-state index is 12.1. The third-order valence-corrected chi connectivity index (χ3v) is 4.10. The Morgan fingerprint density at radius 3 is 2.53 bits per heavy atom. The van der Waals surface area contributed by atoms with Crippen molar-refractivity contribution in [2.45, 2.75) is 43.7 Å². The van der Waals surface area contributed by atoms with E-state index in [1.165, 1.54) is 4.72 Å². The highest BCUT2D eigenvalue weighted by atomic mass is 32.2. The van der Waals surface area contributed by atoms with Crippen molar-refractivity contribution in [3.05, 3.63) is 0 Å². The summed E-state index contributed by atoms with van der Waals surface area (Å²) in [5.41, 5.74) is -6.69. The van der Waals surface area contributed by atoms with Gasteiger partial charge in [0.25, 0.3) is 0 Å². The molecule has 1 aliphatic rings. The molecule has 0 bridgehead atoms. The average Bonchev–Trinajstić information content (AvgIpc) is 2.13. The average molecular weight is 275 g/mol. The first-order valence-electron chi connectivity index (χ1n) is 5.34. The summed E-state index contributed by atoms with van der Waals surface area (Å²) in [6, 6.07) is 0. The molecule has 1 aliphatic carbocycles. The summed E-state index contributed by atoms with van der Waals surface area (Å²) in [5, 5.41) is 9.98. The normalized spacial score (nSPS) is 31.5. The highest BCUT2D eigenvalue weighted by Gasteiger charge is 2.47. The van der Waals surface area contributed by atoms with Crippen LogP contribution in [0, 0.1) is 5.92 Å². The van der Waals surface area contributed by atoms with Crippen LogP contribution in [0.3, 0.4) is 0 Å². The van der Waals surface area contributed by atoms with E-state index in [2.05, 4.69) is 0 Å². The largest absolute Gasteiger partial charge is 0.511 e. The third kappa shape index (κ3) is 3.82. The summed E-state index contributed by atoms with van der Waals surface area (Å²) >= 11 is 0. The van der Waals surface area contributed by atoms with E-state index in [0.717, 1.165) is 6.42 Å². The number of hydrogen-bond donors (Lipinski definition) is 2. The Bertz CT molecular complexity index is 368. The molecule has 0 heterocycles. The minimum atomic E-state index is -5.36. The van der Waals surface area contributed by atoms with Gasteiger partial charge in [-0.25, -0.2) is 13.1 Å². The summed E-state index contributed by atoms with van der Waals surface area (Å²) < 4.78 is 59.1. The molecular formula is C9H16F3NO3S. The van der Waals surface area contributed by atoms with Crippen molar-refractivity contribution < 1.29 is 26.7 Å². The van der Waals surface area contributed by atoms with E-state index < -0.39 is 27.7 Å². The zero-order valence-electron chi connectivity index (χ0n) is 9.42. The number of rotatable bonds is 3. The van der Waals surface area contributed by atoms with Gasteiger partial charge in [-0.1, -0.05) is 19.8 Å². The fraction of sp³-hybridized carbons (Fsp3) is 1.00. The number of hydrogen-bond acceptors (Lipinski definition) is 3. The Morgan fingerprint density at radius 1 is 1.47 bits per heavy atom. The van der Waals surface area contributed by atoms with Gasteiger partial charge in [0.1, 0.15) is 0 Å². The molecule has 0 aromatic rings. The van der Waals surface area contributed by atoms with Gasteiger partial charge in [-0.3, -0.25) is 0 Å². The van der Waals surface area contributed by atoms with Crippen LogP contribution in [0.2, 0.25) is 0 Å². The van der Waals surface area contributed by atoms with Gasteiger partial charge < -0.3 is 5.11 Å². The zero-order chi connectivity index (χ0) is 13.3. The van der Waals surface area contributed by atoms with E-state index in [4.69, 9.17) is 0 Å². The lowest BCUT2D eigenvalue weighted by Gasteiger charge is -2.35. The number of alkyl halides is 3. The van der Waals surface area contributed by atoms with Crippen molar-refractivity contribution in [1.29, 1.82) is 0 Å². The molecule has 1 fully saturated rings. The fourth-order valence-electron chi connectivity index (χ4n) is 2.10. The van der Waals surface area contributed by atoms with Gasteiger partial charge in [0, 0.05) is 6.54 Å². The van der Waals surface area contributed by atoms with E-state index in [-0.39, 0.29) is 5.92 Å². The Kier molecular flexibility index (Phi) is 4.10. The summed E-state index contributed by atoms with van der Waals surface area (Å²) in [6.45, 7) is 1.29. The smallest absolute Gasteiger partial charge is 0.389 e. The predicted molar refractivity (Wildman–Crippen MR) is 55.6 cm³/mol. The van der Waals surface area contributed by atoms with E-state index in [0.29, 0.717) is 19.3 Å². The van der Waals surface area contributed by atoms with Crippen LogP contribution < -0.4 is 4.72 Å². The van der Waals surface area contributed by atoms with Crippen LogP contribution in [-0.2, 0) is 10.0 Å². The second-order valence-corrected chi connectivity index (χ2v) is 6.45. The maximum absolute atomic E-state index is 12.1. The minimum Gasteiger partial charge on any atom is -0.389 e. The van der Waals surface area contributed by atoms with Gasteiger partial charge >= 0.3 is 15.5 Å². The van der Waals surface area contributed by atoms with Crippen LogP contribution in [0.25, 0.3) is 0 Å². The third-order valence-electron chi connectivity index (χ3n) is 2.96. The van der Waals surface area contributed by atoms with Crippen LogP contribution in [0.1, 0.15) is 32.6 Å². The molecule has 17 heavy (non-hydrogen) atoms. The first-order valence-corrected chi connectivity index (χ1v) is 6.82. The lowest BCUT2D eigenvalue weighted by atomic mass is 9.79. The number of aliphatic hydroxyl groups is 1. The van der Waals surface area contributed by atoms with Gasteiger partial charge in [-0.15, -0.1) is 0 Å². The van der Waals surface area contributed by atoms with Crippen molar-refractivity contribution in [2.75, 3.05) is 6.54 Å². The molecule has 2 N–H and O–H groups in total. The molecule has 0 aromatic heterocycles. The number of halogens is 3.